The predicted octanol–water partition coefficient (Wildman–Crippen LogP) is 2.81. The maximum Gasteiger partial charge on any atom is 0.281 e. The summed E-state index contributed by atoms with van der Waals surface area (Å²) in [5.74, 6) is -0.301. The summed E-state index contributed by atoms with van der Waals surface area (Å²) in [6.45, 7) is 1.67. The quantitative estimate of drug-likeness (QED) is 0.533. The zero-order chi connectivity index (χ0) is 14.5. The Morgan fingerprint density at radius 3 is 2.80 bits per heavy atom. The molecule has 0 fully saturated rings. The number of amides is 1. The Morgan fingerprint density at radius 2 is 2.15 bits per heavy atom. The third kappa shape index (κ3) is 3.27. The van der Waals surface area contributed by atoms with E-state index in [9.17, 15) is 14.9 Å². The Hall–Kier alpha value is -2.54. The molecule has 0 atom stereocenters. The van der Waals surface area contributed by atoms with Crippen molar-refractivity contribution in [3.8, 4) is 0 Å². The van der Waals surface area contributed by atoms with Crippen LogP contribution < -0.4 is 5.43 Å². The van der Waals surface area contributed by atoms with Crippen LogP contribution in [0.4, 0.5) is 5.69 Å². The Bertz CT molecular complexity index is 665. The van der Waals surface area contributed by atoms with Gasteiger partial charge in [0.05, 0.1) is 15.5 Å². The Labute approximate surface area is 118 Å². The summed E-state index contributed by atoms with van der Waals surface area (Å²) in [5.41, 5.74) is 3.50. The zero-order valence-corrected chi connectivity index (χ0v) is 11.4. The molecule has 0 saturated carbocycles. The van der Waals surface area contributed by atoms with Gasteiger partial charge in [-0.1, -0.05) is 18.2 Å². The molecule has 1 amide bonds. The highest BCUT2D eigenvalue weighted by molar-refractivity contribution is 7.12. The summed E-state index contributed by atoms with van der Waals surface area (Å²) >= 11 is 1.31. The second-order valence-electron chi connectivity index (χ2n) is 3.92. The molecule has 0 aliphatic heterocycles. The van der Waals surface area contributed by atoms with E-state index in [1.165, 1.54) is 23.5 Å². The third-order valence-electron chi connectivity index (χ3n) is 2.54. The molecule has 1 N–H and O–H groups in total. The summed E-state index contributed by atoms with van der Waals surface area (Å²) in [5, 5.41) is 16.4. The van der Waals surface area contributed by atoms with E-state index in [4.69, 9.17) is 0 Å². The Morgan fingerprint density at radius 1 is 1.35 bits per heavy atom. The van der Waals surface area contributed by atoms with Gasteiger partial charge in [0.15, 0.2) is 0 Å². The van der Waals surface area contributed by atoms with Crippen LogP contribution >= 0.6 is 11.3 Å². The maximum atomic E-state index is 11.7. The molecule has 1 aromatic carbocycles. The topological polar surface area (TPSA) is 84.6 Å². The van der Waals surface area contributed by atoms with Crippen molar-refractivity contribution >= 4 is 28.6 Å². The summed E-state index contributed by atoms with van der Waals surface area (Å²) in [6.07, 6.45) is 0. The SMILES string of the molecule is C/C(=N/NC(=O)c1cccs1)c1cccc([N+](=O)[O-])c1. The lowest BCUT2D eigenvalue weighted by Crippen LogP contribution is -2.18. The van der Waals surface area contributed by atoms with Gasteiger partial charge in [0.1, 0.15) is 0 Å². The molecular formula is C13H11N3O3S. The number of non-ortho nitro benzene ring substituents is 1. The molecule has 0 radical (unpaired) electrons. The van der Waals surface area contributed by atoms with Crippen LogP contribution in [0.15, 0.2) is 46.9 Å². The lowest BCUT2D eigenvalue weighted by Gasteiger charge is -2.02. The van der Waals surface area contributed by atoms with Crippen molar-refractivity contribution < 1.29 is 9.72 Å². The zero-order valence-electron chi connectivity index (χ0n) is 10.6. The van der Waals surface area contributed by atoms with Crippen LogP contribution in [0.25, 0.3) is 0 Å². The average Bonchev–Trinajstić information content (AvgIpc) is 2.98. The van der Waals surface area contributed by atoms with E-state index in [1.807, 2.05) is 0 Å². The van der Waals surface area contributed by atoms with E-state index < -0.39 is 4.92 Å². The first kappa shape index (κ1) is 13.9. The van der Waals surface area contributed by atoms with Crippen molar-refractivity contribution in [2.75, 3.05) is 0 Å². The molecule has 0 aliphatic carbocycles. The summed E-state index contributed by atoms with van der Waals surface area (Å²) < 4.78 is 0. The molecule has 0 bridgehead atoms. The average molecular weight is 289 g/mol. The minimum atomic E-state index is -0.471. The highest BCUT2D eigenvalue weighted by Gasteiger charge is 2.08. The highest BCUT2D eigenvalue weighted by Crippen LogP contribution is 2.14. The fourth-order valence-electron chi connectivity index (χ4n) is 1.51. The second-order valence-corrected chi connectivity index (χ2v) is 4.87. The smallest absolute Gasteiger partial charge is 0.266 e. The molecular weight excluding hydrogens is 278 g/mol. The van der Waals surface area contributed by atoms with Crippen molar-refractivity contribution in [1.29, 1.82) is 0 Å². The van der Waals surface area contributed by atoms with Crippen molar-refractivity contribution in [1.82, 2.24) is 5.43 Å². The maximum absolute atomic E-state index is 11.7. The van der Waals surface area contributed by atoms with Gasteiger partial charge in [0.2, 0.25) is 0 Å². The standard InChI is InChI=1S/C13H11N3O3S/c1-9(10-4-2-5-11(8-10)16(18)19)14-15-13(17)12-6-3-7-20-12/h2-8H,1H3,(H,15,17)/b14-9-. The summed E-state index contributed by atoms with van der Waals surface area (Å²) in [6, 6.07) is 9.56. The van der Waals surface area contributed by atoms with Gasteiger partial charge < -0.3 is 0 Å². The number of hydrogen-bond acceptors (Lipinski definition) is 5. The molecule has 2 aromatic rings. The monoisotopic (exact) mass is 289 g/mol. The van der Waals surface area contributed by atoms with Gasteiger partial charge >= 0.3 is 0 Å². The van der Waals surface area contributed by atoms with Gasteiger partial charge in [-0.25, -0.2) is 5.43 Å². The molecule has 1 heterocycles. The molecule has 6 nitrogen and oxygen atoms in total. The Balaban J connectivity index is 2.12. The summed E-state index contributed by atoms with van der Waals surface area (Å²) in [4.78, 5) is 22.5. The van der Waals surface area contributed by atoms with Crippen LogP contribution in [-0.4, -0.2) is 16.5 Å². The minimum absolute atomic E-state index is 0.0124. The van der Waals surface area contributed by atoms with Crippen LogP contribution in [0, 0.1) is 10.1 Å². The van der Waals surface area contributed by atoms with Gasteiger partial charge in [0, 0.05) is 17.7 Å². The van der Waals surface area contributed by atoms with Crippen LogP contribution in [0.2, 0.25) is 0 Å². The van der Waals surface area contributed by atoms with Crippen molar-refractivity contribution in [2.24, 2.45) is 5.10 Å². The van der Waals surface area contributed by atoms with E-state index in [-0.39, 0.29) is 11.6 Å². The molecule has 0 unspecified atom stereocenters. The number of carbonyl (C=O) groups excluding carboxylic acids is 1. The van der Waals surface area contributed by atoms with Gasteiger partial charge in [-0.05, 0) is 18.4 Å². The number of nitrogens with one attached hydrogen (secondary N) is 1. The second kappa shape index (κ2) is 6.07. The fraction of sp³-hybridized carbons (Fsp3) is 0.0769. The fourth-order valence-corrected chi connectivity index (χ4v) is 2.12. The van der Waals surface area contributed by atoms with E-state index >= 15 is 0 Å². The van der Waals surface area contributed by atoms with Crippen LogP contribution in [0.3, 0.4) is 0 Å². The number of thiophene rings is 1. The normalized spacial score (nSPS) is 11.2. The molecule has 1 aromatic heterocycles. The van der Waals surface area contributed by atoms with E-state index in [0.717, 1.165) is 0 Å². The largest absolute Gasteiger partial charge is 0.281 e. The van der Waals surface area contributed by atoms with Gasteiger partial charge in [-0.2, -0.15) is 5.10 Å². The first-order valence-corrected chi connectivity index (χ1v) is 6.59. The van der Waals surface area contributed by atoms with Crippen LogP contribution in [-0.2, 0) is 0 Å². The number of nitrogens with zero attached hydrogens (tertiary/aromatic N) is 2. The van der Waals surface area contributed by atoms with Gasteiger partial charge in [-0.15, -0.1) is 11.3 Å². The molecule has 102 valence electrons. The van der Waals surface area contributed by atoms with Crippen LogP contribution in [0.5, 0.6) is 0 Å². The highest BCUT2D eigenvalue weighted by atomic mass is 32.1. The van der Waals surface area contributed by atoms with Crippen molar-refractivity contribution in [3.05, 3.63) is 62.3 Å². The summed E-state index contributed by atoms with van der Waals surface area (Å²) in [7, 11) is 0. The van der Waals surface area contributed by atoms with E-state index in [1.54, 1.807) is 36.6 Å². The van der Waals surface area contributed by atoms with Gasteiger partial charge in [0.25, 0.3) is 11.6 Å². The lowest BCUT2D eigenvalue weighted by molar-refractivity contribution is -0.384. The molecule has 2 rings (SSSR count). The van der Waals surface area contributed by atoms with E-state index in [2.05, 4.69) is 10.5 Å². The number of rotatable bonds is 4. The predicted molar refractivity (Wildman–Crippen MR) is 77.1 cm³/mol. The van der Waals surface area contributed by atoms with Crippen molar-refractivity contribution in [3.63, 3.8) is 0 Å². The first-order chi connectivity index (χ1) is 9.58. The van der Waals surface area contributed by atoms with E-state index in [0.29, 0.717) is 16.2 Å². The van der Waals surface area contributed by atoms with Crippen molar-refractivity contribution in [2.45, 2.75) is 6.92 Å². The number of nitro groups is 1. The number of carbonyl (C=O) groups is 1. The molecule has 0 aliphatic rings. The first-order valence-electron chi connectivity index (χ1n) is 5.71. The van der Waals surface area contributed by atoms with Crippen LogP contribution in [0.1, 0.15) is 22.2 Å². The molecule has 20 heavy (non-hydrogen) atoms. The molecule has 0 spiro atoms. The number of nitro benzene ring substituents is 1. The Kier molecular flexibility index (Phi) is 4.21. The minimum Gasteiger partial charge on any atom is -0.266 e. The molecule has 0 saturated heterocycles. The lowest BCUT2D eigenvalue weighted by atomic mass is 10.1. The number of benzene rings is 1. The number of hydrazone groups is 1. The number of hydrogen-bond donors (Lipinski definition) is 1. The molecule has 7 heteroatoms. The third-order valence-corrected chi connectivity index (χ3v) is 3.41. The van der Waals surface area contributed by atoms with Gasteiger partial charge in [-0.3, -0.25) is 14.9 Å².